The Bertz CT molecular complexity index is 836. The summed E-state index contributed by atoms with van der Waals surface area (Å²) < 4.78 is 1.92. The Hall–Kier alpha value is -2.96. The van der Waals surface area contributed by atoms with Crippen LogP contribution in [0.1, 0.15) is 34.8 Å². The van der Waals surface area contributed by atoms with Crippen molar-refractivity contribution in [2.45, 2.75) is 26.8 Å². The van der Waals surface area contributed by atoms with E-state index in [1.807, 2.05) is 49.7 Å². The lowest BCUT2D eigenvalue weighted by atomic mass is 10.2. The lowest BCUT2D eigenvalue weighted by Crippen LogP contribution is -2.30. The number of H-pyrrole nitrogens is 1. The van der Waals surface area contributed by atoms with Crippen LogP contribution in [0.3, 0.4) is 0 Å². The molecule has 3 aromatic rings. The topological polar surface area (TPSA) is 88.5 Å². The Morgan fingerprint density at radius 2 is 2.12 bits per heavy atom. The van der Waals surface area contributed by atoms with Crippen LogP contribution in [0.2, 0.25) is 0 Å². The van der Waals surface area contributed by atoms with E-state index >= 15 is 0 Å². The molecule has 0 radical (unpaired) electrons. The molecule has 2 N–H and O–H groups in total. The van der Waals surface area contributed by atoms with Crippen molar-refractivity contribution in [3.63, 3.8) is 0 Å². The lowest BCUT2D eigenvalue weighted by Gasteiger charge is -2.14. The molecule has 7 nitrogen and oxygen atoms in total. The summed E-state index contributed by atoms with van der Waals surface area (Å²) in [5.74, 6) is -0.196. The van der Waals surface area contributed by atoms with Gasteiger partial charge in [0.05, 0.1) is 17.4 Å². The van der Waals surface area contributed by atoms with Crippen LogP contribution in [0.25, 0.3) is 11.4 Å². The van der Waals surface area contributed by atoms with E-state index in [2.05, 4.69) is 25.6 Å². The molecule has 3 rings (SSSR count). The van der Waals surface area contributed by atoms with Crippen LogP contribution in [0.5, 0.6) is 0 Å². The molecule has 0 aromatic carbocycles. The number of nitrogens with one attached hydrogen (secondary N) is 2. The third kappa shape index (κ3) is 3.34. The number of aromatic nitrogens is 5. The standard InChI is InChI=1S/C17H20N6O/c1-11-8-12(2)23(22-11)13(3)10-19-17(24)16-9-15(20-21-16)14-6-4-5-7-18-14/h4-9,13H,10H2,1-3H3,(H,19,24)(H,20,21)/t13-/m1/s1. The summed E-state index contributed by atoms with van der Waals surface area (Å²) in [6, 6.07) is 9.36. The van der Waals surface area contributed by atoms with E-state index in [-0.39, 0.29) is 11.9 Å². The van der Waals surface area contributed by atoms with Gasteiger partial charge in [0.15, 0.2) is 0 Å². The molecule has 0 aliphatic heterocycles. The third-order valence-corrected chi connectivity index (χ3v) is 3.77. The van der Waals surface area contributed by atoms with E-state index < -0.39 is 0 Å². The van der Waals surface area contributed by atoms with Gasteiger partial charge in [0.1, 0.15) is 11.4 Å². The molecule has 24 heavy (non-hydrogen) atoms. The molecule has 1 atom stereocenters. The molecule has 0 spiro atoms. The average molecular weight is 324 g/mol. The van der Waals surface area contributed by atoms with Crippen LogP contribution in [-0.2, 0) is 0 Å². The van der Waals surface area contributed by atoms with Gasteiger partial charge in [0.2, 0.25) is 0 Å². The maximum Gasteiger partial charge on any atom is 0.269 e. The van der Waals surface area contributed by atoms with Crippen LogP contribution < -0.4 is 5.32 Å². The molecule has 0 bridgehead atoms. The quantitative estimate of drug-likeness (QED) is 0.753. The van der Waals surface area contributed by atoms with E-state index in [0.717, 1.165) is 17.1 Å². The molecule has 0 saturated heterocycles. The van der Waals surface area contributed by atoms with Crippen molar-refractivity contribution in [3.05, 3.63) is 53.6 Å². The zero-order valence-corrected chi connectivity index (χ0v) is 13.9. The van der Waals surface area contributed by atoms with Gasteiger partial charge in [0.25, 0.3) is 5.91 Å². The van der Waals surface area contributed by atoms with Gasteiger partial charge in [-0.1, -0.05) is 6.07 Å². The highest BCUT2D eigenvalue weighted by atomic mass is 16.1. The van der Waals surface area contributed by atoms with Gasteiger partial charge in [0, 0.05) is 18.4 Å². The third-order valence-electron chi connectivity index (χ3n) is 3.77. The van der Waals surface area contributed by atoms with Crippen molar-refractivity contribution < 1.29 is 4.79 Å². The lowest BCUT2D eigenvalue weighted by molar-refractivity contribution is 0.0942. The molecule has 3 heterocycles. The number of hydrogen-bond donors (Lipinski definition) is 2. The predicted molar refractivity (Wildman–Crippen MR) is 90.6 cm³/mol. The van der Waals surface area contributed by atoms with Crippen LogP contribution in [0.4, 0.5) is 0 Å². The van der Waals surface area contributed by atoms with E-state index in [9.17, 15) is 4.79 Å². The van der Waals surface area contributed by atoms with Crippen LogP contribution in [0.15, 0.2) is 36.5 Å². The minimum atomic E-state index is -0.196. The Morgan fingerprint density at radius 3 is 2.79 bits per heavy atom. The van der Waals surface area contributed by atoms with Gasteiger partial charge in [-0.25, -0.2) is 0 Å². The maximum absolute atomic E-state index is 12.3. The number of rotatable bonds is 5. The van der Waals surface area contributed by atoms with Crippen molar-refractivity contribution in [2.24, 2.45) is 0 Å². The molecule has 0 saturated carbocycles. The summed E-state index contributed by atoms with van der Waals surface area (Å²) in [6.45, 7) is 6.47. The van der Waals surface area contributed by atoms with E-state index in [0.29, 0.717) is 17.9 Å². The summed E-state index contributed by atoms with van der Waals surface area (Å²) in [7, 11) is 0. The van der Waals surface area contributed by atoms with E-state index in [1.165, 1.54) is 0 Å². The zero-order valence-electron chi connectivity index (χ0n) is 13.9. The highest BCUT2D eigenvalue weighted by molar-refractivity contribution is 5.93. The van der Waals surface area contributed by atoms with Gasteiger partial charge < -0.3 is 5.32 Å². The monoisotopic (exact) mass is 324 g/mol. The summed E-state index contributed by atoms with van der Waals surface area (Å²) >= 11 is 0. The molecular weight excluding hydrogens is 304 g/mol. The SMILES string of the molecule is Cc1cc(C)n([C@H](C)CNC(=O)c2cc(-c3ccccn3)n[nH]2)n1. The first kappa shape index (κ1) is 15.9. The molecule has 7 heteroatoms. The van der Waals surface area contributed by atoms with Gasteiger partial charge >= 0.3 is 0 Å². The van der Waals surface area contributed by atoms with Gasteiger partial charge in [-0.15, -0.1) is 0 Å². The number of aromatic amines is 1. The van der Waals surface area contributed by atoms with Crippen molar-refractivity contribution in [3.8, 4) is 11.4 Å². The number of pyridine rings is 1. The molecule has 0 unspecified atom stereocenters. The van der Waals surface area contributed by atoms with Crippen molar-refractivity contribution >= 4 is 5.91 Å². The fraction of sp³-hybridized carbons (Fsp3) is 0.294. The highest BCUT2D eigenvalue weighted by Crippen LogP contribution is 2.14. The second kappa shape index (κ2) is 6.66. The summed E-state index contributed by atoms with van der Waals surface area (Å²) in [6.07, 6.45) is 1.69. The molecule has 0 aliphatic rings. The Morgan fingerprint density at radius 1 is 1.29 bits per heavy atom. The highest BCUT2D eigenvalue weighted by Gasteiger charge is 2.14. The minimum absolute atomic E-state index is 0.0702. The molecule has 0 fully saturated rings. The van der Waals surface area contributed by atoms with Crippen LogP contribution in [0, 0.1) is 13.8 Å². The van der Waals surface area contributed by atoms with Gasteiger partial charge in [-0.2, -0.15) is 10.2 Å². The summed E-state index contributed by atoms with van der Waals surface area (Å²) in [5.41, 5.74) is 3.83. The normalized spacial score (nSPS) is 12.1. The molecule has 1 amide bonds. The van der Waals surface area contributed by atoms with E-state index in [1.54, 1.807) is 12.3 Å². The first-order valence-corrected chi connectivity index (χ1v) is 7.82. The predicted octanol–water partition coefficient (Wildman–Crippen LogP) is 2.28. The number of nitrogens with zero attached hydrogens (tertiary/aromatic N) is 4. The molecular formula is C17H20N6O. The Labute approximate surface area is 140 Å². The molecule has 124 valence electrons. The van der Waals surface area contributed by atoms with Gasteiger partial charge in [-0.3, -0.25) is 19.6 Å². The second-order valence-corrected chi connectivity index (χ2v) is 5.81. The van der Waals surface area contributed by atoms with Crippen LogP contribution in [-0.4, -0.2) is 37.4 Å². The summed E-state index contributed by atoms with van der Waals surface area (Å²) in [5, 5.41) is 14.3. The largest absolute Gasteiger partial charge is 0.349 e. The average Bonchev–Trinajstić information content (AvgIpc) is 3.20. The van der Waals surface area contributed by atoms with Crippen LogP contribution >= 0.6 is 0 Å². The molecule has 3 aromatic heterocycles. The Balaban J connectivity index is 1.63. The van der Waals surface area contributed by atoms with E-state index in [4.69, 9.17) is 0 Å². The number of aryl methyl sites for hydroxylation is 2. The first-order chi connectivity index (χ1) is 11.5. The first-order valence-electron chi connectivity index (χ1n) is 7.82. The number of hydrogen-bond acceptors (Lipinski definition) is 4. The number of amides is 1. The molecule has 0 aliphatic carbocycles. The maximum atomic E-state index is 12.3. The summed E-state index contributed by atoms with van der Waals surface area (Å²) in [4.78, 5) is 16.5. The van der Waals surface area contributed by atoms with Crippen molar-refractivity contribution in [1.29, 1.82) is 0 Å². The number of carbonyl (C=O) groups excluding carboxylic acids is 1. The van der Waals surface area contributed by atoms with Gasteiger partial charge in [-0.05, 0) is 45.0 Å². The fourth-order valence-corrected chi connectivity index (χ4v) is 2.60. The fourth-order valence-electron chi connectivity index (χ4n) is 2.60. The smallest absolute Gasteiger partial charge is 0.269 e. The van der Waals surface area contributed by atoms with Crippen molar-refractivity contribution in [2.75, 3.05) is 6.54 Å². The van der Waals surface area contributed by atoms with Crippen molar-refractivity contribution in [1.82, 2.24) is 30.3 Å². The zero-order chi connectivity index (χ0) is 17.1. The Kier molecular flexibility index (Phi) is 4.41. The second-order valence-electron chi connectivity index (χ2n) is 5.81. The minimum Gasteiger partial charge on any atom is -0.349 e. The number of carbonyl (C=O) groups is 1.